The number of carbonyl (C=O) groups excluding carboxylic acids is 3. The molecule has 0 aliphatic rings. The van der Waals surface area contributed by atoms with Crippen molar-refractivity contribution in [3.8, 4) is 0 Å². The Kier molecular flexibility index (Phi) is 8.40. The van der Waals surface area contributed by atoms with Crippen LogP contribution in [0.3, 0.4) is 0 Å². The summed E-state index contributed by atoms with van der Waals surface area (Å²) >= 11 is 3.43. The average molecular weight is 573 g/mol. The number of nitrogens with zero attached hydrogens (tertiary/aromatic N) is 1. The zero-order chi connectivity index (χ0) is 27.1. The fourth-order valence-electron chi connectivity index (χ4n) is 3.70. The number of benzene rings is 4. The number of carbonyl (C=O) groups is 3. The minimum atomic E-state index is -1.34. The van der Waals surface area contributed by atoms with E-state index < -0.39 is 27.6 Å². The maximum Gasteiger partial charge on any atom is 0.338 e. The lowest BCUT2D eigenvalue weighted by atomic mass is 9.99. The molecule has 2 atom stereocenters. The Morgan fingerprint density at radius 1 is 0.763 bits per heavy atom. The van der Waals surface area contributed by atoms with Gasteiger partial charge in [0.15, 0.2) is 6.10 Å². The second-order valence-corrected chi connectivity index (χ2v) is 9.20. The van der Waals surface area contributed by atoms with Crippen molar-refractivity contribution >= 4 is 45.0 Å². The normalized spacial score (nSPS) is 12.1. The molecular formula is C29H21BrN2O6. The third-order valence-corrected chi connectivity index (χ3v) is 6.62. The van der Waals surface area contributed by atoms with Gasteiger partial charge < -0.3 is 10.1 Å². The second kappa shape index (κ2) is 12.1. The topological polar surface area (TPSA) is 116 Å². The number of Topliss-reactive ketones (excluding diaryl/α,β-unsaturated/α-hetero) is 1. The first-order valence-electron chi connectivity index (χ1n) is 11.5. The van der Waals surface area contributed by atoms with E-state index in [0.29, 0.717) is 22.4 Å². The number of non-ortho nitro benzene ring substituents is 1. The van der Waals surface area contributed by atoms with Gasteiger partial charge in [-0.2, -0.15) is 0 Å². The number of nitro groups is 1. The molecule has 9 heteroatoms. The van der Waals surface area contributed by atoms with Crippen LogP contribution in [0.2, 0.25) is 0 Å². The molecule has 1 amide bonds. The van der Waals surface area contributed by atoms with Crippen LogP contribution in [-0.4, -0.2) is 28.7 Å². The quantitative estimate of drug-likeness (QED) is 0.0816. The number of alkyl halides is 1. The zero-order valence-electron chi connectivity index (χ0n) is 19.8. The highest BCUT2D eigenvalue weighted by Gasteiger charge is 2.33. The third kappa shape index (κ3) is 6.37. The van der Waals surface area contributed by atoms with Gasteiger partial charge in [-0.15, -0.1) is 0 Å². The van der Waals surface area contributed by atoms with E-state index in [9.17, 15) is 24.5 Å². The molecule has 0 saturated carbocycles. The van der Waals surface area contributed by atoms with Gasteiger partial charge in [-0.25, -0.2) is 4.79 Å². The zero-order valence-corrected chi connectivity index (χ0v) is 21.4. The van der Waals surface area contributed by atoms with Crippen LogP contribution in [0.1, 0.15) is 41.5 Å². The molecule has 0 bridgehead atoms. The molecule has 0 aliphatic carbocycles. The summed E-state index contributed by atoms with van der Waals surface area (Å²) in [7, 11) is 0. The summed E-state index contributed by atoms with van der Waals surface area (Å²) in [5.74, 6) is -1.63. The van der Waals surface area contributed by atoms with E-state index in [2.05, 4.69) is 21.2 Å². The van der Waals surface area contributed by atoms with Crippen molar-refractivity contribution in [3.63, 3.8) is 0 Å². The van der Waals surface area contributed by atoms with E-state index in [1.54, 1.807) is 78.9 Å². The molecule has 38 heavy (non-hydrogen) atoms. The fourth-order valence-corrected chi connectivity index (χ4v) is 4.33. The number of amides is 1. The molecule has 0 spiro atoms. The van der Waals surface area contributed by atoms with Crippen LogP contribution in [0.4, 0.5) is 11.4 Å². The van der Waals surface area contributed by atoms with Crippen molar-refractivity contribution < 1.29 is 24.0 Å². The molecular weight excluding hydrogens is 552 g/mol. The number of ether oxygens (including phenoxy) is 1. The molecule has 0 aromatic heterocycles. The van der Waals surface area contributed by atoms with E-state index in [0.717, 1.165) is 0 Å². The maximum absolute atomic E-state index is 13.4. The molecule has 4 aromatic rings. The van der Waals surface area contributed by atoms with Crippen molar-refractivity contribution in [1.29, 1.82) is 0 Å². The van der Waals surface area contributed by atoms with E-state index >= 15 is 0 Å². The van der Waals surface area contributed by atoms with E-state index in [1.165, 1.54) is 30.3 Å². The molecule has 8 nitrogen and oxygen atoms in total. The van der Waals surface area contributed by atoms with Crippen LogP contribution < -0.4 is 5.32 Å². The van der Waals surface area contributed by atoms with E-state index in [-0.39, 0.29) is 17.2 Å². The van der Waals surface area contributed by atoms with Gasteiger partial charge in [-0.1, -0.05) is 82.7 Å². The minimum Gasteiger partial charge on any atom is -0.449 e. The lowest BCUT2D eigenvalue weighted by molar-refractivity contribution is -0.384. The van der Waals surface area contributed by atoms with Crippen LogP contribution in [-0.2, 0) is 4.74 Å². The van der Waals surface area contributed by atoms with Crippen molar-refractivity contribution in [2.24, 2.45) is 0 Å². The number of halogens is 1. The summed E-state index contributed by atoms with van der Waals surface area (Å²) in [5.41, 5.74) is 1.47. The first-order valence-corrected chi connectivity index (χ1v) is 12.4. The largest absolute Gasteiger partial charge is 0.449 e. The molecule has 1 N–H and O–H groups in total. The lowest BCUT2D eigenvalue weighted by Crippen LogP contribution is -2.31. The lowest BCUT2D eigenvalue weighted by Gasteiger charge is -2.22. The second-order valence-electron chi connectivity index (χ2n) is 8.21. The first kappa shape index (κ1) is 26.4. The average Bonchev–Trinajstić information content (AvgIpc) is 2.96. The number of anilines is 1. The van der Waals surface area contributed by atoms with Gasteiger partial charge in [0, 0.05) is 28.9 Å². The summed E-state index contributed by atoms with van der Waals surface area (Å²) < 4.78 is 5.70. The minimum absolute atomic E-state index is 0.112. The van der Waals surface area contributed by atoms with Gasteiger partial charge in [0.2, 0.25) is 5.78 Å². The van der Waals surface area contributed by atoms with Crippen LogP contribution in [0.15, 0.2) is 109 Å². The number of hydrogen-bond donors (Lipinski definition) is 1. The van der Waals surface area contributed by atoms with Crippen LogP contribution >= 0.6 is 15.9 Å². The monoisotopic (exact) mass is 572 g/mol. The first-order chi connectivity index (χ1) is 18.3. The maximum atomic E-state index is 13.4. The molecule has 4 aromatic carbocycles. The van der Waals surface area contributed by atoms with Gasteiger partial charge in [0.05, 0.1) is 15.3 Å². The number of esters is 1. The third-order valence-electron chi connectivity index (χ3n) is 5.61. The summed E-state index contributed by atoms with van der Waals surface area (Å²) in [6.07, 6.45) is -1.34. The molecule has 0 heterocycles. The van der Waals surface area contributed by atoms with Crippen LogP contribution in [0, 0.1) is 10.1 Å². The number of nitro benzene ring substituents is 1. The van der Waals surface area contributed by atoms with Crippen molar-refractivity contribution in [2.45, 2.75) is 10.9 Å². The Balaban J connectivity index is 1.60. The van der Waals surface area contributed by atoms with Crippen molar-refractivity contribution in [3.05, 3.63) is 142 Å². The van der Waals surface area contributed by atoms with Crippen LogP contribution in [0.5, 0.6) is 0 Å². The Bertz CT molecular complexity index is 1480. The predicted molar refractivity (Wildman–Crippen MR) is 146 cm³/mol. The number of ketones is 1. The van der Waals surface area contributed by atoms with E-state index in [4.69, 9.17) is 4.74 Å². The summed E-state index contributed by atoms with van der Waals surface area (Å²) in [6.45, 7) is 0. The van der Waals surface area contributed by atoms with E-state index in [1.807, 2.05) is 0 Å². The molecule has 0 fully saturated rings. The highest BCUT2D eigenvalue weighted by molar-refractivity contribution is 9.09. The van der Waals surface area contributed by atoms with Crippen molar-refractivity contribution in [1.82, 2.24) is 0 Å². The smallest absolute Gasteiger partial charge is 0.338 e. The summed E-state index contributed by atoms with van der Waals surface area (Å²) in [6, 6.07) is 28.8. The van der Waals surface area contributed by atoms with Gasteiger partial charge in [0.25, 0.3) is 11.6 Å². The van der Waals surface area contributed by atoms with Gasteiger partial charge in [-0.05, 0) is 35.9 Å². The highest BCUT2D eigenvalue weighted by Crippen LogP contribution is 2.33. The van der Waals surface area contributed by atoms with Gasteiger partial charge >= 0.3 is 5.97 Å². The highest BCUT2D eigenvalue weighted by atomic mass is 79.9. The van der Waals surface area contributed by atoms with Gasteiger partial charge in [-0.3, -0.25) is 19.7 Å². The number of rotatable bonds is 9. The Hall–Kier alpha value is -4.63. The summed E-state index contributed by atoms with van der Waals surface area (Å²) in [5, 5.41) is 14.0. The standard InChI is InChI=1S/C29H21BrN2O6/c30-25(21-13-8-16-24(18-21)32(36)37)27(26(33)19-9-3-1-4-10-19)38-29(35)22-14-7-15-23(17-22)31-28(34)20-11-5-2-6-12-20/h1-18,25,27H,(H,31,34)/t25-,27-/m1/s1. The predicted octanol–water partition coefficient (Wildman–Crippen LogP) is 6.39. The SMILES string of the molecule is O=C(Nc1cccc(C(=O)O[C@@H](C(=O)c2ccccc2)[C@H](Br)c2cccc([N+](=O)[O-])c2)c1)c1ccccc1. The molecule has 0 unspecified atom stereocenters. The number of nitrogens with one attached hydrogen (secondary N) is 1. The Morgan fingerprint density at radius 3 is 2.03 bits per heavy atom. The van der Waals surface area contributed by atoms with Crippen LogP contribution in [0.25, 0.3) is 0 Å². The molecule has 0 saturated heterocycles. The summed E-state index contributed by atoms with van der Waals surface area (Å²) in [4.78, 5) is 49.0. The molecule has 0 aliphatic heterocycles. The number of hydrogen-bond acceptors (Lipinski definition) is 6. The Labute approximate surface area is 226 Å². The fraction of sp³-hybridized carbons (Fsp3) is 0.0690. The molecule has 4 rings (SSSR count). The molecule has 0 radical (unpaired) electrons. The van der Waals surface area contributed by atoms with Gasteiger partial charge in [0.1, 0.15) is 0 Å². The molecule has 190 valence electrons. The Morgan fingerprint density at radius 2 is 1.37 bits per heavy atom. The van der Waals surface area contributed by atoms with Crippen molar-refractivity contribution in [2.75, 3.05) is 5.32 Å².